The lowest BCUT2D eigenvalue weighted by atomic mass is 10.2. The maximum Gasteiger partial charge on any atom is 0.168 e. The monoisotopic (exact) mass is 382 g/mol. The molecule has 0 radical (unpaired) electrons. The standard InChI is InChI=1S/C22H18N6O/c1-29-18-13-11-16(12-14-18)22-25-24-21(28(22)17-7-3-2-4-8-17)15-27-20-10-6-5-9-19(20)23-26-27/h2-14H,15H2,1H3. The number of para-hydroxylation sites is 2. The van der Waals surface area contributed by atoms with Crippen molar-refractivity contribution in [2.24, 2.45) is 0 Å². The maximum absolute atomic E-state index is 5.27. The summed E-state index contributed by atoms with van der Waals surface area (Å²) >= 11 is 0. The molecule has 29 heavy (non-hydrogen) atoms. The smallest absolute Gasteiger partial charge is 0.168 e. The van der Waals surface area contributed by atoms with Crippen LogP contribution in [0.25, 0.3) is 28.1 Å². The number of hydrogen-bond donors (Lipinski definition) is 0. The number of hydrogen-bond acceptors (Lipinski definition) is 5. The number of aromatic nitrogens is 6. The lowest BCUT2D eigenvalue weighted by Crippen LogP contribution is -2.09. The highest BCUT2D eigenvalue weighted by molar-refractivity contribution is 5.73. The van der Waals surface area contributed by atoms with Crippen LogP contribution < -0.4 is 4.74 Å². The van der Waals surface area contributed by atoms with Crippen LogP contribution in [0.4, 0.5) is 0 Å². The van der Waals surface area contributed by atoms with E-state index in [4.69, 9.17) is 4.74 Å². The van der Waals surface area contributed by atoms with Gasteiger partial charge >= 0.3 is 0 Å². The van der Waals surface area contributed by atoms with Crippen molar-refractivity contribution in [2.45, 2.75) is 6.54 Å². The average molecular weight is 382 g/mol. The first-order valence-corrected chi connectivity index (χ1v) is 9.26. The van der Waals surface area contributed by atoms with Crippen molar-refractivity contribution in [2.75, 3.05) is 7.11 Å². The topological polar surface area (TPSA) is 70.7 Å². The Morgan fingerprint density at radius 2 is 1.55 bits per heavy atom. The van der Waals surface area contributed by atoms with Crippen LogP contribution in [0.15, 0.2) is 78.9 Å². The van der Waals surface area contributed by atoms with Crippen molar-refractivity contribution in [3.63, 3.8) is 0 Å². The molecular weight excluding hydrogens is 364 g/mol. The van der Waals surface area contributed by atoms with Crippen LogP contribution in [-0.2, 0) is 6.54 Å². The number of fused-ring (bicyclic) bond motifs is 1. The van der Waals surface area contributed by atoms with Gasteiger partial charge in [0.15, 0.2) is 11.6 Å². The quantitative estimate of drug-likeness (QED) is 0.463. The Kier molecular flexibility index (Phi) is 4.25. The molecule has 0 atom stereocenters. The highest BCUT2D eigenvalue weighted by Gasteiger charge is 2.17. The van der Waals surface area contributed by atoms with E-state index in [-0.39, 0.29) is 0 Å². The molecule has 0 fully saturated rings. The summed E-state index contributed by atoms with van der Waals surface area (Å²) in [4.78, 5) is 0. The number of nitrogens with zero attached hydrogens (tertiary/aromatic N) is 6. The van der Waals surface area contributed by atoms with Gasteiger partial charge in [0.1, 0.15) is 17.8 Å². The zero-order valence-corrected chi connectivity index (χ0v) is 15.8. The van der Waals surface area contributed by atoms with Gasteiger partial charge in [-0.15, -0.1) is 15.3 Å². The molecule has 0 aliphatic heterocycles. The molecule has 0 aliphatic rings. The Morgan fingerprint density at radius 3 is 2.34 bits per heavy atom. The van der Waals surface area contributed by atoms with Crippen molar-refractivity contribution in [1.29, 1.82) is 0 Å². The SMILES string of the molecule is COc1ccc(-c2nnc(Cn3nnc4ccccc43)n2-c2ccccc2)cc1. The van der Waals surface area contributed by atoms with E-state index in [0.717, 1.165) is 39.7 Å². The van der Waals surface area contributed by atoms with E-state index in [0.29, 0.717) is 6.54 Å². The molecule has 2 aromatic heterocycles. The molecule has 0 saturated heterocycles. The predicted octanol–water partition coefficient (Wildman–Crippen LogP) is 3.74. The van der Waals surface area contributed by atoms with Gasteiger partial charge in [-0.3, -0.25) is 4.57 Å². The molecule has 5 aromatic rings. The lowest BCUT2D eigenvalue weighted by Gasteiger charge is -2.11. The van der Waals surface area contributed by atoms with Gasteiger partial charge in [0.05, 0.1) is 12.6 Å². The minimum absolute atomic E-state index is 0.457. The van der Waals surface area contributed by atoms with E-state index >= 15 is 0 Å². The Hall–Kier alpha value is -4.00. The Labute approximate surface area is 167 Å². The molecule has 0 amide bonds. The van der Waals surface area contributed by atoms with Crippen LogP contribution in [0, 0.1) is 0 Å². The van der Waals surface area contributed by atoms with Crippen molar-refractivity contribution >= 4 is 11.0 Å². The third kappa shape index (κ3) is 3.12. The minimum atomic E-state index is 0.457. The van der Waals surface area contributed by atoms with Crippen molar-refractivity contribution in [3.05, 3.63) is 84.7 Å². The molecule has 7 heteroatoms. The zero-order valence-electron chi connectivity index (χ0n) is 15.8. The summed E-state index contributed by atoms with van der Waals surface area (Å²) in [5.41, 5.74) is 3.76. The molecule has 3 aromatic carbocycles. The summed E-state index contributed by atoms with van der Waals surface area (Å²) in [5, 5.41) is 17.5. The first-order valence-electron chi connectivity index (χ1n) is 9.26. The number of methoxy groups -OCH3 is 1. The molecule has 0 aliphatic carbocycles. The van der Waals surface area contributed by atoms with E-state index in [1.807, 2.05) is 83.5 Å². The fourth-order valence-electron chi connectivity index (χ4n) is 3.36. The fraction of sp³-hybridized carbons (Fsp3) is 0.0909. The fourth-order valence-corrected chi connectivity index (χ4v) is 3.36. The molecule has 0 bridgehead atoms. The third-order valence-electron chi connectivity index (χ3n) is 4.80. The Morgan fingerprint density at radius 1 is 0.793 bits per heavy atom. The van der Waals surface area contributed by atoms with Crippen molar-refractivity contribution in [1.82, 2.24) is 29.8 Å². The van der Waals surface area contributed by atoms with Gasteiger partial charge in [0.2, 0.25) is 0 Å². The summed E-state index contributed by atoms with van der Waals surface area (Å²) < 4.78 is 9.17. The average Bonchev–Trinajstić information content (AvgIpc) is 3.39. The van der Waals surface area contributed by atoms with Gasteiger partial charge in [0.25, 0.3) is 0 Å². The summed E-state index contributed by atoms with van der Waals surface area (Å²) in [7, 11) is 1.65. The highest BCUT2D eigenvalue weighted by atomic mass is 16.5. The van der Waals surface area contributed by atoms with Gasteiger partial charge in [-0.25, -0.2) is 4.68 Å². The van der Waals surface area contributed by atoms with Crippen LogP contribution in [0.3, 0.4) is 0 Å². The van der Waals surface area contributed by atoms with Crippen LogP contribution in [0.5, 0.6) is 5.75 Å². The van der Waals surface area contributed by atoms with Crippen LogP contribution >= 0.6 is 0 Å². The summed E-state index contributed by atoms with van der Waals surface area (Å²) in [6.45, 7) is 0.457. The van der Waals surface area contributed by atoms with Gasteiger partial charge < -0.3 is 4.74 Å². The second-order valence-electron chi connectivity index (χ2n) is 6.58. The molecule has 0 unspecified atom stereocenters. The normalized spacial score (nSPS) is 11.1. The number of ether oxygens (including phenoxy) is 1. The Bertz CT molecular complexity index is 1260. The molecule has 7 nitrogen and oxygen atoms in total. The molecule has 0 N–H and O–H groups in total. The molecule has 142 valence electrons. The maximum atomic E-state index is 5.27. The Balaban J connectivity index is 1.62. The van der Waals surface area contributed by atoms with Gasteiger partial charge in [-0.1, -0.05) is 35.5 Å². The molecule has 0 spiro atoms. The third-order valence-corrected chi connectivity index (χ3v) is 4.80. The second-order valence-corrected chi connectivity index (χ2v) is 6.58. The summed E-state index contributed by atoms with van der Waals surface area (Å²) in [6, 6.07) is 25.8. The van der Waals surface area contributed by atoms with Gasteiger partial charge in [-0.05, 0) is 48.5 Å². The zero-order chi connectivity index (χ0) is 19.6. The first kappa shape index (κ1) is 17.1. The second kappa shape index (κ2) is 7.20. The lowest BCUT2D eigenvalue weighted by molar-refractivity contribution is 0.415. The van der Waals surface area contributed by atoms with Crippen LogP contribution in [0.2, 0.25) is 0 Å². The largest absolute Gasteiger partial charge is 0.497 e. The molecule has 2 heterocycles. The molecule has 5 rings (SSSR count). The molecular formula is C22H18N6O. The number of benzene rings is 3. The van der Waals surface area contributed by atoms with E-state index in [1.165, 1.54) is 0 Å². The highest BCUT2D eigenvalue weighted by Crippen LogP contribution is 2.25. The minimum Gasteiger partial charge on any atom is -0.497 e. The molecule has 0 saturated carbocycles. The predicted molar refractivity (Wildman–Crippen MR) is 110 cm³/mol. The van der Waals surface area contributed by atoms with E-state index in [2.05, 4.69) is 25.1 Å². The van der Waals surface area contributed by atoms with Crippen LogP contribution in [-0.4, -0.2) is 36.9 Å². The van der Waals surface area contributed by atoms with Gasteiger partial charge in [-0.2, -0.15) is 0 Å². The van der Waals surface area contributed by atoms with E-state index in [9.17, 15) is 0 Å². The van der Waals surface area contributed by atoms with Crippen molar-refractivity contribution < 1.29 is 4.74 Å². The van der Waals surface area contributed by atoms with Crippen LogP contribution in [0.1, 0.15) is 5.82 Å². The van der Waals surface area contributed by atoms with Gasteiger partial charge in [0, 0.05) is 11.3 Å². The summed E-state index contributed by atoms with van der Waals surface area (Å²) in [6.07, 6.45) is 0. The van der Waals surface area contributed by atoms with Crippen molar-refractivity contribution in [3.8, 4) is 22.8 Å². The first-order chi connectivity index (χ1) is 14.3. The summed E-state index contributed by atoms with van der Waals surface area (Å²) in [5.74, 6) is 2.34. The van der Waals surface area contributed by atoms with E-state index in [1.54, 1.807) is 7.11 Å². The number of rotatable bonds is 5. The van der Waals surface area contributed by atoms with E-state index < -0.39 is 0 Å².